The van der Waals surface area contributed by atoms with Crippen LogP contribution < -0.4 is 5.32 Å². The fourth-order valence-electron chi connectivity index (χ4n) is 3.86. The Kier molecular flexibility index (Phi) is 3.78. The van der Waals surface area contributed by atoms with Crippen LogP contribution in [-0.2, 0) is 9.84 Å². The maximum Gasteiger partial charge on any atom is 0.323 e. The van der Waals surface area contributed by atoms with E-state index in [-0.39, 0.29) is 10.9 Å². The van der Waals surface area contributed by atoms with Crippen LogP contribution in [0, 0.1) is 17.8 Å². The molecule has 3 fully saturated rings. The molecule has 4 rings (SSSR count). The predicted molar refractivity (Wildman–Crippen MR) is 90.4 cm³/mol. The first-order valence-corrected chi connectivity index (χ1v) is 10.5. The van der Waals surface area contributed by atoms with E-state index >= 15 is 0 Å². The van der Waals surface area contributed by atoms with Crippen LogP contribution >= 0.6 is 0 Å². The summed E-state index contributed by atoms with van der Waals surface area (Å²) < 4.78 is 23.3. The van der Waals surface area contributed by atoms with Crippen molar-refractivity contribution in [3.05, 3.63) is 18.3 Å². The zero-order valence-electron chi connectivity index (χ0n) is 13.8. The second-order valence-corrected chi connectivity index (χ2v) is 9.49. The third kappa shape index (κ3) is 3.27. The minimum Gasteiger partial charge on any atom is -0.321 e. The van der Waals surface area contributed by atoms with Gasteiger partial charge < -0.3 is 4.90 Å². The lowest BCUT2D eigenvalue weighted by Crippen LogP contribution is -2.40. The molecule has 0 bridgehead atoms. The van der Waals surface area contributed by atoms with E-state index in [0.29, 0.717) is 23.7 Å². The van der Waals surface area contributed by atoms with Gasteiger partial charge in [0.2, 0.25) is 0 Å². The van der Waals surface area contributed by atoms with Gasteiger partial charge in [0.25, 0.3) is 0 Å². The Morgan fingerprint density at radius 2 is 1.92 bits per heavy atom. The lowest BCUT2D eigenvalue weighted by molar-refractivity contribution is 0.199. The van der Waals surface area contributed by atoms with Gasteiger partial charge in [0.05, 0.1) is 4.90 Å². The lowest BCUT2D eigenvalue weighted by Gasteiger charge is -2.24. The first kappa shape index (κ1) is 15.9. The number of pyridine rings is 1. The van der Waals surface area contributed by atoms with Crippen molar-refractivity contribution in [2.24, 2.45) is 17.8 Å². The van der Waals surface area contributed by atoms with Crippen LogP contribution in [0.5, 0.6) is 0 Å². The molecule has 1 aliphatic heterocycles. The van der Waals surface area contributed by atoms with Gasteiger partial charge in [-0.05, 0) is 62.0 Å². The summed E-state index contributed by atoms with van der Waals surface area (Å²) in [5.74, 6) is 2.38. The van der Waals surface area contributed by atoms with Gasteiger partial charge in [-0.1, -0.05) is 0 Å². The molecule has 2 heterocycles. The number of carbonyl (C=O) groups is 1. The van der Waals surface area contributed by atoms with Crippen LogP contribution in [0.15, 0.2) is 23.2 Å². The normalized spacial score (nSPS) is 27.3. The lowest BCUT2D eigenvalue weighted by atomic mass is 9.98. The van der Waals surface area contributed by atoms with Gasteiger partial charge in [0.15, 0.2) is 9.84 Å². The van der Waals surface area contributed by atoms with E-state index in [1.165, 1.54) is 44.0 Å². The summed E-state index contributed by atoms with van der Waals surface area (Å²) >= 11 is 0. The molecule has 0 spiro atoms. The number of hydrogen-bond donors (Lipinski definition) is 1. The number of amides is 2. The number of likely N-dealkylation sites (tertiary alicyclic amines) is 1. The van der Waals surface area contributed by atoms with Crippen molar-refractivity contribution in [2.45, 2.75) is 43.0 Å². The smallest absolute Gasteiger partial charge is 0.321 e. The average Bonchev–Trinajstić information content (AvgIpc) is 3.45. The van der Waals surface area contributed by atoms with E-state index in [1.807, 2.05) is 4.90 Å². The van der Waals surface area contributed by atoms with Crippen LogP contribution in [-0.4, -0.2) is 43.2 Å². The third-order valence-corrected chi connectivity index (χ3v) is 6.60. The van der Waals surface area contributed by atoms with E-state index in [9.17, 15) is 13.2 Å². The number of nitrogens with zero attached hydrogens (tertiary/aromatic N) is 2. The zero-order valence-corrected chi connectivity index (χ0v) is 14.6. The molecule has 0 unspecified atom stereocenters. The summed E-state index contributed by atoms with van der Waals surface area (Å²) in [4.78, 5) is 19.0. The summed E-state index contributed by atoms with van der Waals surface area (Å²) in [6, 6.07) is 3.06. The van der Waals surface area contributed by atoms with Crippen molar-refractivity contribution in [3.8, 4) is 0 Å². The maximum atomic E-state index is 12.7. The highest BCUT2D eigenvalue weighted by atomic mass is 32.2. The fraction of sp³-hybridized carbons (Fsp3) is 0.647. The fourth-order valence-corrected chi connectivity index (χ4v) is 4.50. The first-order valence-electron chi connectivity index (χ1n) is 8.65. The van der Waals surface area contributed by atoms with Crippen molar-refractivity contribution in [3.63, 3.8) is 0 Å². The molecule has 7 heteroatoms. The molecule has 1 saturated heterocycles. The van der Waals surface area contributed by atoms with Crippen LogP contribution in [0.3, 0.4) is 0 Å². The predicted octanol–water partition coefficient (Wildman–Crippen LogP) is 2.53. The number of urea groups is 1. The molecule has 0 aromatic carbocycles. The van der Waals surface area contributed by atoms with Gasteiger partial charge in [-0.15, -0.1) is 0 Å². The second-order valence-electron chi connectivity index (χ2n) is 7.47. The molecule has 6 nitrogen and oxygen atoms in total. The Morgan fingerprint density at radius 1 is 1.21 bits per heavy atom. The Labute approximate surface area is 142 Å². The average molecular weight is 349 g/mol. The topological polar surface area (TPSA) is 79.4 Å². The number of sulfone groups is 1. The summed E-state index contributed by atoms with van der Waals surface area (Å²) in [6.45, 7) is 0.823. The van der Waals surface area contributed by atoms with Crippen LogP contribution in [0.2, 0.25) is 0 Å². The number of hydrogen-bond acceptors (Lipinski definition) is 4. The third-order valence-electron chi connectivity index (χ3n) is 5.49. The molecule has 1 aromatic heterocycles. The number of aromatic nitrogens is 1. The van der Waals surface area contributed by atoms with Crippen molar-refractivity contribution in [1.29, 1.82) is 0 Å². The van der Waals surface area contributed by atoms with E-state index in [0.717, 1.165) is 25.1 Å². The van der Waals surface area contributed by atoms with Gasteiger partial charge in [-0.25, -0.2) is 18.2 Å². The SMILES string of the molecule is CS(=O)(=O)c1ccnc(NC(=O)N2C[C@@H](C3CC3)C[C@H]2C2CC2)c1. The number of rotatable bonds is 4. The van der Waals surface area contributed by atoms with E-state index in [2.05, 4.69) is 10.3 Å². The number of nitrogens with one attached hydrogen (secondary N) is 1. The maximum absolute atomic E-state index is 12.7. The number of carbonyl (C=O) groups excluding carboxylic acids is 1. The van der Waals surface area contributed by atoms with Crippen molar-refractivity contribution < 1.29 is 13.2 Å². The van der Waals surface area contributed by atoms with Crippen LogP contribution in [0.1, 0.15) is 32.1 Å². The minimum atomic E-state index is -3.31. The monoisotopic (exact) mass is 349 g/mol. The van der Waals surface area contributed by atoms with Crippen molar-refractivity contribution in [1.82, 2.24) is 9.88 Å². The van der Waals surface area contributed by atoms with Gasteiger partial charge in [0, 0.05) is 25.0 Å². The van der Waals surface area contributed by atoms with Gasteiger partial charge in [0.1, 0.15) is 5.82 Å². The van der Waals surface area contributed by atoms with Crippen LogP contribution in [0.25, 0.3) is 0 Å². The Bertz CT molecular complexity index is 756. The highest BCUT2D eigenvalue weighted by Crippen LogP contribution is 2.48. The molecule has 2 aliphatic carbocycles. The summed E-state index contributed by atoms with van der Waals surface area (Å²) in [5, 5.41) is 2.80. The first-order chi connectivity index (χ1) is 11.4. The molecule has 2 saturated carbocycles. The molecule has 3 aliphatic rings. The molecule has 2 atom stereocenters. The zero-order chi connectivity index (χ0) is 16.9. The molecule has 1 N–H and O–H groups in total. The molecule has 1 aromatic rings. The largest absolute Gasteiger partial charge is 0.323 e. The van der Waals surface area contributed by atoms with Crippen molar-refractivity contribution >= 4 is 21.7 Å². The van der Waals surface area contributed by atoms with Crippen molar-refractivity contribution in [2.75, 3.05) is 18.1 Å². The molecule has 130 valence electrons. The van der Waals surface area contributed by atoms with E-state index < -0.39 is 9.84 Å². The minimum absolute atomic E-state index is 0.145. The Morgan fingerprint density at radius 3 is 2.54 bits per heavy atom. The van der Waals surface area contributed by atoms with Gasteiger partial charge in [-0.3, -0.25) is 5.32 Å². The van der Waals surface area contributed by atoms with Gasteiger partial charge >= 0.3 is 6.03 Å². The Hall–Kier alpha value is -1.63. The number of anilines is 1. The molecular formula is C17H23N3O3S. The quantitative estimate of drug-likeness (QED) is 0.906. The van der Waals surface area contributed by atoms with Gasteiger partial charge in [-0.2, -0.15) is 0 Å². The molecule has 0 radical (unpaired) electrons. The summed E-state index contributed by atoms with van der Waals surface area (Å²) in [6.07, 6.45) is 8.73. The highest BCUT2D eigenvalue weighted by molar-refractivity contribution is 7.90. The van der Waals surface area contributed by atoms with Crippen LogP contribution in [0.4, 0.5) is 10.6 Å². The Balaban J connectivity index is 1.49. The standard InChI is InChI=1S/C17H23N3O3S/c1-24(22,23)14-6-7-18-16(9-14)19-17(21)20-10-13(11-2-3-11)8-15(20)12-4-5-12/h6-7,9,11-13,15H,2-5,8,10H2,1H3,(H,18,19,21)/t13-,15-/m0/s1. The summed E-state index contributed by atoms with van der Waals surface area (Å²) in [5.41, 5.74) is 0. The molecule has 24 heavy (non-hydrogen) atoms. The second kappa shape index (κ2) is 5.72. The van der Waals surface area contributed by atoms with E-state index in [1.54, 1.807) is 0 Å². The highest BCUT2D eigenvalue weighted by Gasteiger charge is 2.47. The van der Waals surface area contributed by atoms with E-state index in [4.69, 9.17) is 0 Å². The molecule has 2 amide bonds. The molecular weight excluding hydrogens is 326 g/mol. The summed E-state index contributed by atoms with van der Waals surface area (Å²) in [7, 11) is -3.31.